The van der Waals surface area contributed by atoms with Crippen LogP contribution in [0, 0.1) is 0 Å². The third-order valence-electron chi connectivity index (χ3n) is 6.31. The summed E-state index contributed by atoms with van der Waals surface area (Å²) in [6.45, 7) is 0.122. The molecule has 1 atom stereocenters. The first-order valence-electron chi connectivity index (χ1n) is 11.6. The Kier molecular flexibility index (Phi) is 6.38. The van der Waals surface area contributed by atoms with Gasteiger partial charge in [-0.05, 0) is 42.7 Å². The number of carbonyl (C=O) groups is 2. The van der Waals surface area contributed by atoms with Crippen LogP contribution in [0.5, 0.6) is 0 Å². The summed E-state index contributed by atoms with van der Waals surface area (Å²) in [7, 11) is 0. The molecule has 1 saturated carbocycles. The maximum atomic E-state index is 13.8. The summed E-state index contributed by atoms with van der Waals surface area (Å²) in [6, 6.07) is 19.8. The van der Waals surface area contributed by atoms with E-state index in [0.717, 1.165) is 36.8 Å². The highest BCUT2D eigenvalue weighted by Crippen LogP contribution is 2.26. The van der Waals surface area contributed by atoms with Crippen LogP contribution >= 0.6 is 0 Å². The molecular formula is C26H27N5O3. The first-order valence-corrected chi connectivity index (χ1v) is 11.6. The molecule has 0 radical (unpaired) electrons. The number of para-hydroxylation sites is 1. The van der Waals surface area contributed by atoms with E-state index in [-0.39, 0.29) is 30.9 Å². The van der Waals surface area contributed by atoms with E-state index in [0.29, 0.717) is 11.3 Å². The second kappa shape index (κ2) is 9.91. The van der Waals surface area contributed by atoms with Crippen molar-refractivity contribution >= 4 is 22.8 Å². The van der Waals surface area contributed by atoms with E-state index < -0.39 is 6.04 Å². The Morgan fingerprint density at radius 2 is 1.79 bits per heavy atom. The number of aromatic nitrogens is 3. The molecule has 34 heavy (non-hydrogen) atoms. The normalized spacial score (nSPS) is 14.8. The molecule has 1 fully saturated rings. The summed E-state index contributed by atoms with van der Waals surface area (Å²) in [6.07, 6.45) is 5.71. The van der Waals surface area contributed by atoms with Crippen LogP contribution in [-0.4, -0.2) is 37.7 Å². The molecule has 4 aromatic rings. The Bertz CT molecular complexity index is 1250. The summed E-state index contributed by atoms with van der Waals surface area (Å²) in [5.41, 5.74) is 2.23. The number of amides is 2. The summed E-state index contributed by atoms with van der Waals surface area (Å²) >= 11 is 0. The van der Waals surface area contributed by atoms with E-state index in [9.17, 15) is 9.59 Å². The summed E-state index contributed by atoms with van der Waals surface area (Å²) in [5, 5.41) is 11.5. The van der Waals surface area contributed by atoms with Gasteiger partial charge in [0, 0.05) is 6.04 Å². The molecule has 0 saturated heterocycles. The molecule has 2 heterocycles. The molecule has 0 spiro atoms. The van der Waals surface area contributed by atoms with Crippen LogP contribution in [0.2, 0.25) is 0 Å². The van der Waals surface area contributed by atoms with E-state index in [1.165, 1.54) is 0 Å². The fraction of sp³-hybridized carbons (Fsp3) is 0.308. The van der Waals surface area contributed by atoms with Gasteiger partial charge in [0.15, 0.2) is 0 Å². The number of nitrogens with zero attached hydrogens (tertiary/aromatic N) is 4. The molecule has 2 aromatic carbocycles. The third-order valence-corrected chi connectivity index (χ3v) is 6.31. The maximum Gasteiger partial charge on any atom is 0.247 e. The SMILES string of the molecule is O=C(NC1CCCC1)[C@H](c1ccccc1)N(Cc1ccco1)C(=O)Cn1nnc2ccccc21. The fourth-order valence-corrected chi connectivity index (χ4v) is 4.61. The highest BCUT2D eigenvalue weighted by molar-refractivity contribution is 5.89. The zero-order valence-corrected chi connectivity index (χ0v) is 18.8. The zero-order chi connectivity index (χ0) is 23.3. The number of furan rings is 1. The molecule has 8 nitrogen and oxygen atoms in total. The minimum absolute atomic E-state index is 0.0404. The van der Waals surface area contributed by atoms with Gasteiger partial charge in [-0.3, -0.25) is 9.59 Å². The van der Waals surface area contributed by atoms with Crippen LogP contribution in [0.25, 0.3) is 11.0 Å². The van der Waals surface area contributed by atoms with Gasteiger partial charge in [-0.1, -0.05) is 60.5 Å². The number of carbonyl (C=O) groups excluding carboxylic acids is 2. The molecule has 1 N–H and O–H groups in total. The molecule has 0 bridgehead atoms. The van der Waals surface area contributed by atoms with E-state index >= 15 is 0 Å². The summed E-state index contributed by atoms with van der Waals surface area (Å²) in [4.78, 5) is 28.9. The first-order chi connectivity index (χ1) is 16.7. The zero-order valence-electron chi connectivity index (χ0n) is 18.8. The van der Waals surface area contributed by atoms with Crippen molar-refractivity contribution in [2.24, 2.45) is 0 Å². The minimum atomic E-state index is -0.797. The van der Waals surface area contributed by atoms with Gasteiger partial charge in [0.1, 0.15) is 23.9 Å². The van der Waals surface area contributed by atoms with Crippen LogP contribution in [0.3, 0.4) is 0 Å². The summed E-state index contributed by atoms with van der Waals surface area (Å²) < 4.78 is 7.13. The molecule has 8 heteroatoms. The second-order valence-electron chi connectivity index (χ2n) is 8.64. The van der Waals surface area contributed by atoms with E-state index in [1.54, 1.807) is 21.9 Å². The van der Waals surface area contributed by atoms with E-state index in [4.69, 9.17) is 4.42 Å². The Hall–Kier alpha value is -3.94. The Labute approximate surface area is 197 Å². The van der Waals surface area contributed by atoms with Crippen molar-refractivity contribution in [2.45, 2.75) is 50.9 Å². The fourth-order valence-electron chi connectivity index (χ4n) is 4.61. The molecule has 2 aromatic heterocycles. The molecule has 1 aliphatic rings. The lowest BCUT2D eigenvalue weighted by Gasteiger charge is -2.31. The predicted octanol–water partition coefficient (Wildman–Crippen LogP) is 3.85. The lowest BCUT2D eigenvalue weighted by atomic mass is 10.0. The molecule has 0 unspecified atom stereocenters. The second-order valence-corrected chi connectivity index (χ2v) is 8.64. The lowest BCUT2D eigenvalue weighted by Crippen LogP contribution is -2.46. The monoisotopic (exact) mass is 457 g/mol. The molecule has 174 valence electrons. The molecule has 1 aliphatic carbocycles. The first kappa shape index (κ1) is 21.9. The number of hydrogen-bond acceptors (Lipinski definition) is 5. The van der Waals surface area contributed by atoms with Crippen LogP contribution in [0.1, 0.15) is 43.0 Å². The summed E-state index contributed by atoms with van der Waals surface area (Å²) in [5.74, 6) is 0.176. The van der Waals surface area contributed by atoms with Gasteiger partial charge < -0.3 is 14.6 Å². The van der Waals surface area contributed by atoms with Gasteiger partial charge in [-0.25, -0.2) is 4.68 Å². The third kappa shape index (κ3) is 4.71. The van der Waals surface area contributed by atoms with Crippen molar-refractivity contribution in [1.29, 1.82) is 0 Å². The van der Waals surface area contributed by atoms with Crippen LogP contribution in [0.4, 0.5) is 0 Å². The smallest absolute Gasteiger partial charge is 0.247 e. The van der Waals surface area contributed by atoms with Crippen molar-refractivity contribution in [1.82, 2.24) is 25.2 Å². The predicted molar refractivity (Wildman–Crippen MR) is 126 cm³/mol. The molecular weight excluding hydrogens is 430 g/mol. The Balaban J connectivity index is 1.49. The Morgan fingerprint density at radius 1 is 1.03 bits per heavy atom. The highest BCUT2D eigenvalue weighted by Gasteiger charge is 2.34. The van der Waals surface area contributed by atoms with Gasteiger partial charge in [0.2, 0.25) is 11.8 Å². The highest BCUT2D eigenvalue weighted by atomic mass is 16.3. The van der Waals surface area contributed by atoms with Crippen molar-refractivity contribution < 1.29 is 14.0 Å². The van der Waals surface area contributed by atoms with Gasteiger partial charge in [0.05, 0.1) is 18.3 Å². The largest absolute Gasteiger partial charge is 0.467 e. The van der Waals surface area contributed by atoms with E-state index in [2.05, 4.69) is 15.6 Å². The van der Waals surface area contributed by atoms with Crippen LogP contribution in [0.15, 0.2) is 77.4 Å². The van der Waals surface area contributed by atoms with Gasteiger partial charge >= 0.3 is 0 Å². The van der Waals surface area contributed by atoms with E-state index in [1.807, 2.05) is 60.7 Å². The quantitative estimate of drug-likeness (QED) is 0.434. The Morgan fingerprint density at radius 3 is 2.56 bits per heavy atom. The number of rotatable bonds is 8. The van der Waals surface area contributed by atoms with Gasteiger partial charge in [0.25, 0.3) is 0 Å². The molecule has 5 rings (SSSR count). The molecule has 2 amide bonds. The van der Waals surface area contributed by atoms with Crippen molar-refractivity contribution in [3.05, 3.63) is 84.3 Å². The van der Waals surface area contributed by atoms with Gasteiger partial charge in [-0.15, -0.1) is 5.10 Å². The topological polar surface area (TPSA) is 93.3 Å². The van der Waals surface area contributed by atoms with Crippen molar-refractivity contribution in [3.8, 4) is 0 Å². The lowest BCUT2D eigenvalue weighted by molar-refractivity contribution is -0.142. The number of nitrogens with one attached hydrogen (secondary N) is 1. The standard InChI is InChI=1S/C26H27N5O3/c32-24(18-31-23-15-7-6-14-22(23)28-29-31)30(17-21-13-8-16-34-21)25(19-9-2-1-3-10-19)26(33)27-20-11-4-5-12-20/h1-3,6-10,13-16,20,25H,4-5,11-12,17-18H2,(H,27,33)/t25-/m0/s1. The number of fused-ring (bicyclic) bond motifs is 1. The van der Waals surface area contributed by atoms with Gasteiger partial charge in [-0.2, -0.15) is 0 Å². The maximum absolute atomic E-state index is 13.8. The average molecular weight is 458 g/mol. The van der Waals surface area contributed by atoms with Crippen molar-refractivity contribution in [3.63, 3.8) is 0 Å². The van der Waals surface area contributed by atoms with Crippen molar-refractivity contribution in [2.75, 3.05) is 0 Å². The molecule has 0 aliphatic heterocycles. The average Bonchev–Trinajstić information content (AvgIpc) is 3.63. The minimum Gasteiger partial charge on any atom is -0.467 e. The number of hydrogen-bond donors (Lipinski definition) is 1. The van der Waals surface area contributed by atoms with Crippen LogP contribution < -0.4 is 5.32 Å². The number of benzene rings is 2. The van der Waals surface area contributed by atoms with Crippen LogP contribution in [-0.2, 0) is 22.7 Å².